The van der Waals surface area contributed by atoms with Crippen molar-refractivity contribution in [3.63, 3.8) is 0 Å². The van der Waals surface area contributed by atoms with Gasteiger partial charge in [-0.2, -0.15) is 11.8 Å². The van der Waals surface area contributed by atoms with Crippen molar-refractivity contribution in [2.45, 2.75) is 219 Å². The monoisotopic (exact) mass is 1080 g/mol. The van der Waals surface area contributed by atoms with Crippen LogP contribution < -0.4 is 32.3 Å². The van der Waals surface area contributed by atoms with E-state index in [2.05, 4.69) is 45.2 Å². The molecule has 420 valence electrons. The van der Waals surface area contributed by atoms with Gasteiger partial charge in [0.15, 0.2) is 0 Å². The first-order valence-corrected chi connectivity index (χ1v) is 31.1. The Labute approximate surface area is 445 Å². The van der Waals surface area contributed by atoms with Gasteiger partial charge in [0, 0.05) is 48.9 Å². The van der Waals surface area contributed by atoms with Crippen molar-refractivity contribution >= 4 is 75.0 Å². The SMILES string of the molecule is CCCCCCCCCCCCCCCC(=O)OC[C@H](CSC[C@H](N)C(=O)N[C@@H](C)C(=O)NCC(=O)NCCSSCCNC(=O)CNC(=O)OCCO)OC(=O)CCCCCCCCCCCCCCC. The Bertz CT molecular complexity index is 1410. The summed E-state index contributed by atoms with van der Waals surface area (Å²) in [5.74, 6) is -0.955. The van der Waals surface area contributed by atoms with E-state index in [0.717, 1.165) is 38.5 Å². The van der Waals surface area contributed by atoms with Crippen molar-refractivity contribution in [3.05, 3.63) is 0 Å². The van der Waals surface area contributed by atoms with E-state index in [9.17, 15) is 33.6 Å². The van der Waals surface area contributed by atoms with Crippen LogP contribution in [0.1, 0.15) is 201 Å². The van der Waals surface area contributed by atoms with Crippen molar-refractivity contribution in [1.29, 1.82) is 0 Å². The van der Waals surface area contributed by atoms with Crippen LogP contribution in [0.3, 0.4) is 0 Å². The van der Waals surface area contributed by atoms with Gasteiger partial charge in [0.25, 0.3) is 0 Å². The second-order valence-electron chi connectivity index (χ2n) is 18.4. The second kappa shape index (κ2) is 51.5. The highest BCUT2D eigenvalue weighted by molar-refractivity contribution is 8.76. The molecule has 0 aromatic heterocycles. The van der Waals surface area contributed by atoms with Crippen LogP contribution in [-0.4, -0.2) is 134 Å². The highest BCUT2D eigenvalue weighted by atomic mass is 33.1. The van der Waals surface area contributed by atoms with Crippen LogP contribution in [0.2, 0.25) is 0 Å². The lowest BCUT2D eigenvalue weighted by molar-refractivity contribution is -0.157. The van der Waals surface area contributed by atoms with Gasteiger partial charge >= 0.3 is 18.0 Å². The van der Waals surface area contributed by atoms with Crippen LogP contribution in [0.15, 0.2) is 0 Å². The summed E-state index contributed by atoms with van der Waals surface area (Å²) in [5, 5.41) is 21.4. The third-order valence-corrected chi connectivity index (χ3v) is 15.2. The van der Waals surface area contributed by atoms with E-state index >= 15 is 0 Å². The fourth-order valence-corrected chi connectivity index (χ4v) is 10.1. The standard InChI is InChI=1S/C52H98N6O11S3/c1-4-6-8-10-12-14-16-18-20-22-24-26-28-30-48(62)68-40-44(69-49(63)31-29-27-25-23-21-19-17-15-13-11-9-7-5-2)41-70-42-45(53)51(65)58-43(3)50(64)56-38-46(60)54-32-36-71-72-37-33-55-47(61)39-57-52(66)67-35-34-59/h43-45,59H,4-42,53H2,1-3H3,(H,54,60)(H,55,61)(H,56,64)(H,57,66)(H,58,65)/t43-,44+,45-/m0/s1. The summed E-state index contributed by atoms with van der Waals surface area (Å²) in [5.41, 5.74) is 6.19. The van der Waals surface area contributed by atoms with Crippen molar-refractivity contribution in [2.24, 2.45) is 5.73 Å². The van der Waals surface area contributed by atoms with Gasteiger partial charge in [-0.3, -0.25) is 28.8 Å². The highest BCUT2D eigenvalue weighted by Crippen LogP contribution is 2.19. The maximum Gasteiger partial charge on any atom is 0.407 e. The normalized spacial score (nSPS) is 12.3. The van der Waals surface area contributed by atoms with E-state index in [4.69, 9.17) is 20.3 Å². The largest absolute Gasteiger partial charge is 0.462 e. The Kier molecular flexibility index (Phi) is 49.4. The minimum absolute atomic E-state index is 0.0745. The van der Waals surface area contributed by atoms with Gasteiger partial charge in [0.2, 0.25) is 23.6 Å². The molecule has 0 rings (SSSR count). The minimum Gasteiger partial charge on any atom is -0.462 e. The Hall–Kier alpha value is -2.94. The second-order valence-corrected chi connectivity index (χ2v) is 22.2. The molecule has 5 amide bonds. The van der Waals surface area contributed by atoms with Gasteiger partial charge in [0.05, 0.1) is 25.7 Å². The molecule has 0 saturated carbocycles. The van der Waals surface area contributed by atoms with E-state index in [1.54, 1.807) is 0 Å². The molecule has 17 nitrogen and oxygen atoms in total. The third-order valence-electron chi connectivity index (χ3n) is 11.6. The Balaban J connectivity index is 4.60. The number of carbonyl (C=O) groups excluding carboxylic acids is 7. The number of rotatable bonds is 51. The Morgan fingerprint density at radius 3 is 1.42 bits per heavy atom. The fraction of sp³-hybridized carbons (Fsp3) is 0.865. The lowest BCUT2D eigenvalue weighted by atomic mass is 10.0. The van der Waals surface area contributed by atoms with Crippen LogP contribution >= 0.6 is 33.3 Å². The average Bonchev–Trinajstić information content (AvgIpc) is 3.36. The zero-order valence-corrected chi connectivity index (χ0v) is 47.1. The minimum atomic E-state index is -0.981. The third kappa shape index (κ3) is 46.8. The molecule has 0 heterocycles. The molecule has 0 radical (unpaired) electrons. The summed E-state index contributed by atoms with van der Waals surface area (Å²) < 4.78 is 16.0. The van der Waals surface area contributed by atoms with Crippen molar-refractivity contribution in [1.82, 2.24) is 26.6 Å². The molecular weight excluding hydrogens is 981 g/mol. The van der Waals surface area contributed by atoms with Crippen LogP contribution in [0.5, 0.6) is 0 Å². The molecule has 0 aliphatic carbocycles. The molecule has 0 aromatic carbocycles. The van der Waals surface area contributed by atoms with Crippen LogP contribution in [0.4, 0.5) is 4.79 Å². The van der Waals surface area contributed by atoms with E-state index < -0.39 is 42.0 Å². The number of nitrogens with two attached hydrogens (primary N) is 1. The Morgan fingerprint density at radius 2 is 0.958 bits per heavy atom. The number of hydrogen-bond acceptors (Lipinski definition) is 15. The molecule has 0 aliphatic heterocycles. The van der Waals surface area contributed by atoms with Gasteiger partial charge in [-0.1, -0.05) is 190 Å². The number of aliphatic hydroxyl groups is 1. The molecule has 0 aliphatic rings. The molecule has 0 fully saturated rings. The molecule has 0 bridgehead atoms. The molecule has 20 heteroatoms. The first kappa shape index (κ1) is 69.1. The Morgan fingerprint density at radius 1 is 0.528 bits per heavy atom. The first-order valence-electron chi connectivity index (χ1n) is 27.5. The number of alkyl carbamates (subject to hydrolysis) is 1. The molecule has 0 saturated heterocycles. The number of aliphatic hydroxyl groups excluding tert-OH is 1. The van der Waals surface area contributed by atoms with Gasteiger partial charge < -0.3 is 51.6 Å². The number of thioether (sulfide) groups is 1. The predicted octanol–water partition coefficient (Wildman–Crippen LogP) is 8.42. The summed E-state index contributed by atoms with van der Waals surface area (Å²) >= 11 is 1.30. The summed E-state index contributed by atoms with van der Waals surface area (Å²) in [7, 11) is 2.98. The molecule has 3 atom stereocenters. The van der Waals surface area contributed by atoms with E-state index in [0.29, 0.717) is 31.0 Å². The average molecular weight is 1080 g/mol. The number of carbonyl (C=O) groups is 7. The molecule has 72 heavy (non-hydrogen) atoms. The molecule has 0 spiro atoms. The zero-order chi connectivity index (χ0) is 53.1. The van der Waals surface area contributed by atoms with Crippen molar-refractivity contribution < 1.29 is 52.9 Å². The number of hydrogen-bond donors (Lipinski definition) is 7. The zero-order valence-electron chi connectivity index (χ0n) is 44.6. The first-order chi connectivity index (χ1) is 34.9. The van der Waals surface area contributed by atoms with Crippen LogP contribution in [0.25, 0.3) is 0 Å². The predicted molar refractivity (Wildman–Crippen MR) is 295 cm³/mol. The lowest BCUT2D eigenvalue weighted by Gasteiger charge is -2.20. The van der Waals surface area contributed by atoms with E-state index in [1.165, 1.54) is 169 Å². The number of ether oxygens (including phenoxy) is 3. The summed E-state index contributed by atoms with van der Waals surface area (Å²) in [6, 6.07) is -1.94. The molecule has 8 N–H and O–H groups in total. The van der Waals surface area contributed by atoms with Gasteiger partial charge in [-0.25, -0.2) is 4.79 Å². The number of nitrogens with one attached hydrogen (secondary N) is 5. The molecule has 0 aromatic rings. The molecular formula is C52H98N6O11S3. The van der Waals surface area contributed by atoms with Crippen LogP contribution in [0, 0.1) is 0 Å². The van der Waals surface area contributed by atoms with E-state index in [1.807, 2.05) is 0 Å². The van der Waals surface area contributed by atoms with Gasteiger partial charge in [-0.15, -0.1) is 0 Å². The summed E-state index contributed by atoms with van der Waals surface area (Å²) in [4.78, 5) is 86.5. The molecule has 0 unspecified atom stereocenters. The van der Waals surface area contributed by atoms with Gasteiger partial charge in [-0.05, 0) is 19.8 Å². The van der Waals surface area contributed by atoms with Gasteiger partial charge in [0.1, 0.15) is 25.4 Å². The summed E-state index contributed by atoms with van der Waals surface area (Å²) in [6.45, 7) is 5.64. The highest BCUT2D eigenvalue weighted by Gasteiger charge is 2.23. The van der Waals surface area contributed by atoms with Crippen molar-refractivity contribution in [3.8, 4) is 0 Å². The number of unbranched alkanes of at least 4 members (excludes halogenated alkanes) is 24. The van der Waals surface area contributed by atoms with Crippen molar-refractivity contribution in [2.75, 3.05) is 69.0 Å². The summed E-state index contributed by atoms with van der Waals surface area (Å²) in [6.07, 6.45) is 30.6. The smallest absolute Gasteiger partial charge is 0.407 e. The quantitative estimate of drug-likeness (QED) is 0.0131. The topological polar surface area (TPSA) is 254 Å². The van der Waals surface area contributed by atoms with Crippen LogP contribution in [-0.2, 0) is 43.0 Å². The lowest BCUT2D eigenvalue weighted by Crippen LogP contribution is -2.52. The van der Waals surface area contributed by atoms with E-state index in [-0.39, 0.29) is 68.7 Å². The number of esters is 2. The maximum absolute atomic E-state index is 12.9. The fourth-order valence-electron chi connectivity index (χ4n) is 7.35. The number of amides is 5. The maximum atomic E-state index is 12.9.